The summed E-state index contributed by atoms with van der Waals surface area (Å²) in [5, 5.41) is 13.2. The molecule has 0 unspecified atom stereocenters. The zero-order valence-corrected chi connectivity index (χ0v) is 14.3. The second-order valence-electron chi connectivity index (χ2n) is 6.56. The van der Waals surface area contributed by atoms with Crippen LogP contribution in [0.5, 0.6) is 5.75 Å². The standard InChI is InChI=1S/C20H25NO3/c1-2-15-10-17-16(11-20(23)24-19(17)12-18(15)22)13-21-9-8-14-6-4-3-5-7-14/h6,10-12,21-22H,2-5,7-9,13H2,1H3/p+1. The molecule has 0 fully saturated rings. The van der Waals surface area contributed by atoms with E-state index in [-0.39, 0.29) is 11.4 Å². The van der Waals surface area contributed by atoms with Crippen LogP contribution in [0, 0.1) is 0 Å². The van der Waals surface area contributed by atoms with E-state index < -0.39 is 0 Å². The Labute approximate surface area is 142 Å². The number of hydrogen-bond acceptors (Lipinski definition) is 3. The first-order chi connectivity index (χ1) is 11.7. The highest BCUT2D eigenvalue weighted by molar-refractivity contribution is 5.82. The average Bonchev–Trinajstić information content (AvgIpc) is 2.58. The quantitative estimate of drug-likeness (QED) is 0.487. The molecule has 0 aliphatic heterocycles. The van der Waals surface area contributed by atoms with Gasteiger partial charge in [-0.05, 0) is 43.7 Å². The van der Waals surface area contributed by atoms with Gasteiger partial charge in [0.25, 0.3) is 0 Å². The van der Waals surface area contributed by atoms with Gasteiger partial charge in [-0.25, -0.2) is 4.79 Å². The van der Waals surface area contributed by atoms with Crippen LogP contribution in [0.1, 0.15) is 50.2 Å². The minimum atomic E-state index is -0.357. The third-order valence-corrected chi connectivity index (χ3v) is 4.83. The lowest BCUT2D eigenvalue weighted by Gasteiger charge is -2.12. The van der Waals surface area contributed by atoms with E-state index >= 15 is 0 Å². The van der Waals surface area contributed by atoms with Crippen LogP contribution in [0.15, 0.2) is 39.1 Å². The summed E-state index contributed by atoms with van der Waals surface area (Å²) < 4.78 is 5.25. The number of phenolic OH excluding ortho intramolecular Hbond substituents is 1. The number of allylic oxidation sites excluding steroid dienone is 1. The maximum absolute atomic E-state index is 11.8. The first-order valence-electron chi connectivity index (χ1n) is 8.95. The van der Waals surface area contributed by atoms with Gasteiger partial charge in [0.2, 0.25) is 0 Å². The van der Waals surface area contributed by atoms with Crippen LogP contribution in [0.2, 0.25) is 0 Å². The molecule has 2 aromatic rings. The van der Waals surface area contributed by atoms with Crippen LogP contribution >= 0.6 is 0 Å². The van der Waals surface area contributed by atoms with Gasteiger partial charge in [-0.2, -0.15) is 0 Å². The first-order valence-corrected chi connectivity index (χ1v) is 8.95. The number of fused-ring (bicyclic) bond motifs is 1. The summed E-state index contributed by atoms with van der Waals surface area (Å²) in [6.45, 7) is 3.79. The molecular formula is C20H26NO3+. The van der Waals surface area contributed by atoms with Crippen molar-refractivity contribution in [3.63, 3.8) is 0 Å². The largest absolute Gasteiger partial charge is 0.508 e. The summed E-state index contributed by atoms with van der Waals surface area (Å²) in [6.07, 6.45) is 9.37. The Hall–Kier alpha value is -2.07. The summed E-state index contributed by atoms with van der Waals surface area (Å²) in [6, 6.07) is 5.08. The Morgan fingerprint density at radius 2 is 2.08 bits per heavy atom. The third-order valence-electron chi connectivity index (χ3n) is 4.83. The van der Waals surface area contributed by atoms with Gasteiger partial charge in [0.15, 0.2) is 0 Å². The van der Waals surface area contributed by atoms with E-state index in [4.69, 9.17) is 4.42 Å². The van der Waals surface area contributed by atoms with Gasteiger partial charge in [0, 0.05) is 29.5 Å². The van der Waals surface area contributed by atoms with Crippen molar-refractivity contribution in [3.05, 3.63) is 51.4 Å². The maximum Gasteiger partial charge on any atom is 0.336 e. The number of quaternary nitrogens is 1. The normalized spacial score (nSPS) is 14.8. The Balaban J connectivity index is 1.73. The fourth-order valence-electron chi connectivity index (χ4n) is 3.44. The summed E-state index contributed by atoms with van der Waals surface area (Å²) in [5.74, 6) is 0.193. The molecule has 3 N–H and O–H groups in total. The zero-order chi connectivity index (χ0) is 16.9. The van der Waals surface area contributed by atoms with Crippen LogP contribution in [0.25, 0.3) is 11.0 Å². The molecule has 0 saturated carbocycles. The number of hydrogen-bond donors (Lipinski definition) is 2. The predicted molar refractivity (Wildman–Crippen MR) is 95.2 cm³/mol. The summed E-state index contributed by atoms with van der Waals surface area (Å²) >= 11 is 0. The van der Waals surface area contributed by atoms with Crippen LogP contribution in [0.3, 0.4) is 0 Å². The van der Waals surface area contributed by atoms with E-state index in [0.717, 1.165) is 42.4 Å². The van der Waals surface area contributed by atoms with Crippen molar-refractivity contribution < 1.29 is 14.8 Å². The van der Waals surface area contributed by atoms with Crippen molar-refractivity contribution in [2.24, 2.45) is 0 Å². The van der Waals surface area contributed by atoms with Crippen LogP contribution in [-0.4, -0.2) is 11.7 Å². The minimum Gasteiger partial charge on any atom is -0.508 e. The number of benzene rings is 1. The molecule has 1 aliphatic carbocycles. The van der Waals surface area contributed by atoms with Crippen molar-refractivity contribution >= 4 is 11.0 Å². The monoisotopic (exact) mass is 328 g/mol. The van der Waals surface area contributed by atoms with Crippen molar-refractivity contribution in [1.29, 1.82) is 0 Å². The highest BCUT2D eigenvalue weighted by atomic mass is 16.4. The summed E-state index contributed by atoms with van der Waals surface area (Å²) in [4.78, 5) is 11.8. The third kappa shape index (κ3) is 3.88. The van der Waals surface area contributed by atoms with Crippen molar-refractivity contribution in [2.75, 3.05) is 6.54 Å². The average molecular weight is 328 g/mol. The van der Waals surface area contributed by atoms with E-state index in [2.05, 4.69) is 11.4 Å². The lowest BCUT2D eigenvalue weighted by molar-refractivity contribution is -0.669. The molecule has 0 amide bonds. The Kier molecular flexibility index (Phi) is 5.36. The molecule has 1 aliphatic rings. The molecule has 1 aromatic heterocycles. The molecule has 1 heterocycles. The topological polar surface area (TPSA) is 67.0 Å². The van der Waals surface area contributed by atoms with Crippen molar-refractivity contribution in [3.8, 4) is 5.75 Å². The molecule has 0 radical (unpaired) electrons. The van der Waals surface area contributed by atoms with E-state index in [9.17, 15) is 9.90 Å². The Morgan fingerprint density at radius 3 is 2.83 bits per heavy atom. The Bertz CT molecular complexity index is 804. The van der Waals surface area contributed by atoms with Crippen LogP contribution in [-0.2, 0) is 13.0 Å². The molecule has 0 atom stereocenters. The number of phenols is 1. The molecule has 0 saturated heterocycles. The molecule has 24 heavy (non-hydrogen) atoms. The molecular weight excluding hydrogens is 302 g/mol. The maximum atomic E-state index is 11.8. The number of nitrogens with two attached hydrogens (primary N) is 1. The molecule has 4 heteroatoms. The van der Waals surface area contributed by atoms with Gasteiger partial charge in [-0.15, -0.1) is 0 Å². The van der Waals surface area contributed by atoms with Gasteiger partial charge in [-0.1, -0.05) is 18.6 Å². The zero-order valence-electron chi connectivity index (χ0n) is 14.3. The Morgan fingerprint density at radius 1 is 1.21 bits per heavy atom. The lowest BCUT2D eigenvalue weighted by atomic mass is 9.97. The van der Waals surface area contributed by atoms with E-state index in [0.29, 0.717) is 5.58 Å². The van der Waals surface area contributed by atoms with Crippen LogP contribution < -0.4 is 10.9 Å². The molecule has 3 rings (SSSR count). The van der Waals surface area contributed by atoms with E-state index in [1.807, 2.05) is 13.0 Å². The van der Waals surface area contributed by atoms with Crippen molar-refractivity contribution in [1.82, 2.24) is 0 Å². The SMILES string of the molecule is CCc1cc2c(C[NH2+]CCC3=CCCCC3)cc(=O)oc2cc1O. The van der Waals surface area contributed by atoms with E-state index in [1.165, 1.54) is 25.7 Å². The fourth-order valence-corrected chi connectivity index (χ4v) is 3.44. The van der Waals surface area contributed by atoms with Gasteiger partial charge in [-0.3, -0.25) is 0 Å². The fraction of sp³-hybridized carbons (Fsp3) is 0.450. The summed E-state index contributed by atoms with van der Waals surface area (Å²) in [5.41, 5.74) is 3.55. The van der Waals surface area contributed by atoms with Gasteiger partial charge in [0.05, 0.1) is 6.54 Å². The minimum absolute atomic E-state index is 0.193. The number of rotatable bonds is 6. The number of aromatic hydroxyl groups is 1. The molecule has 0 spiro atoms. The molecule has 1 aromatic carbocycles. The highest BCUT2D eigenvalue weighted by Crippen LogP contribution is 2.26. The highest BCUT2D eigenvalue weighted by Gasteiger charge is 2.11. The van der Waals surface area contributed by atoms with Gasteiger partial charge in [0.1, 0.15) is 17.9 Å². The van der Waals surface area contributed by atoms with Gasteiger partial charge >= 0.3 is 5.63 Å². The molecule has 0 bridgehead atoms. The molecule has 128 valence electrons. The number of aryl methyl sites for hydroxylation is 1. The second-order valence-corrected chi connectivity index (χ2v) is 6.56. The molecule has 4 nitrogen and oxygen atoms in total. The lowest BCUT2D eigenvalue weighted by Crippen LogP contribution is -2.82. The smallest absolute Gasteiger partial charge is 0.336 e. The summed E-state index contributed by atoms with van der Waals surface area (Å²) in [7, 11) is 0. The predicted octanol–water partition coefficient (Wildman–Crippen LogP) is 3.01. The first kappa shape index (κ1) is 16.8. The van der Waals surface area contributed by atoms with Crippen molar-refractivity contribution in [2.45, 2.75) is 52.0 Å². The second kappa shape index (κ2) is 7.67. The van der Waals surface area contributed by atoms with Gasteiger partial charge < -0.3 is 14.8 Å². The van der Waals surface area contributed by atoms with E-state index in [1.54, 1.807) is 17.7 Å². The van der Waals surface area contributed by atoms with Crippen LogP contribution in [0.4, 0.5) is 0 Å².